The molecule has 2 aliphatic heterocycles. The monoisotopic (exact) mass is 352 g/mol. The zero-order chi connectivity index (χ0) is 18.3. The summed E-state index contributed by atoms with van der Waals surface area (Å²) in [6.07, 6.45) is 2.76. The van der Waals surface area contributed by atoms with Crippen molar-refractivity contribution in [3.63, 3.8) is 0 Å². The van der Waals surface area contributed by atoms with Crippen LogP contribution in [0.4, 0.5) is 5.69 Å². The van der Waals surface area contributed by atoms with Crippen molar-refractivity contribution < 1.29 is 9.59 Å². The second kappa shape index (κ2) is 6.27. The molecule has 136 valence electrons. The van der Waals surface area contributed by atoms with E-state index >= 15 is 0 Å². The maximum absolute atomic E-state index is 12.8. The Morgan fingerprint density at radius 3 is 2.88 bits per heavy atom. The van der Waals surface area contributed by atoms with Crippen molar-refractivity contribution in [3.05, 3.63) is 46.8 Å². The van der Waals surface area contributed by atoms with Crippen LogP contribution < -0.4 is 5.32 Å². The summed E-state index contributed by atoms with van der Waals surface area (Å²) in [5.74, 6) is 0.138. The molecule has 0 aliphatic carbocycles. The molecule has 3 heterocycles. The first-order valence-corrected chi connectivity index (χ1v) is 9.20. The number of piperidine rings is 1. The maximum atomic E-state index is 12.8. The van der Waals surface area contributed by atoms with Crippen molar-refractivity contribution in [3.8, 4) is 0 Å². The lowest BCUT2D eigenvalue weighted by atomic mass is 9.75. The first kappa shape index (κ1) is 16.8. The fourth-order valence-electron chi connectivity index (χ4n) is 4.38. The molecule has 2 aromatic rings. The summed E-state index contributed by atoms with van der Waals surface area (Å²) < 4.78 is 0. The Morgan fingerprint density at radius 1 is 1.31 bits per heavy atom. The number of nitrogens with zero attached hydrogens (tertiary/aromatic N) is 2. The average Bonchev–Trinajstić information content (AvgIpc) is 3.10. The topological polar surface area (TPSA) is 78.1 Å². The zero-order valence-corrected chi connectivity index (χ0v) is 15.3. The number of carbonyl (C=O) groups is 2. The van der Waals surface area contributed by atoms with Crippen molar-refractivity contribution in [1.29, 1.82) is 0 Å². The summed E-state index contributed by atoms with van der Waals surface area (Å²) in [7, 11) is 0. The number of aryl methyl sites for hydroxylation is 2. The Kier molecular flexibility index (Phi) is 4.05. The first-order valence-electron chi connectivity index (χ1n) is 9.20. The van der Waals surface area contributed by atoms with E-state index in [-0.39, 0.29) is 11.8 Å². The Morgan fingerprint density at radius 2 is 2.12 bits per heavy atom. The standard InChI is InChI=1S/C20H24N4O2/c1-13-15(14(2)23-22-13)8-9-18(25)24-11-5-10-20(12-24)16-6-3-4-7-17(16)21-19(20)26/h3-4,6-7H,5,8-12H2,1-2H3,(H,21,26)(H,22,23). The summed E-state index contributed by atoms with van der Waals surface area (Å²) in [5.41, 5.74) is 4.42. The van der Waals surface area contributed by atoms with Gasteiger partial charge in [-0.1, -0.05) is 18.2 Å². The van der Waals surface area contributed by atoms with Crippen LogP contribution in [0.1, 0.15) is 41.8 Å². The van der Waals surface area contributed by atoms with Gasteiger partial charge < -0.3 is 10.2 Å². The number of aromatic nitrogens is 2. The molecule has 1 spiro atoms. The fourth-order valence-corrected chi connectivity index (χ4v) is 4.38. The number of nitrogens with one attached hydrogen (secondary N) is 2. The van der Waals surface area contributed by atoms with E-state index in [0.717, 1.165) is 47.6 Å². The third-order valence-corrected chi connectivity index (χ3v) is 5.84. The minimum atomic E-state index is -0.591. The van der Waals surface area contributed by atoms with E-state index in [1.807, 2.05) is 43.0 Å². The molecule has 2 aliphatic rings. The lowest BCUT2D eigenvalue weighted by molar-refractivity contribution is -0.135. The van der Waals surface area contributed by atoms with Crippen LogP contribution in [-0.4, -0.2) is 40.0 Å². The van der Waals surface area contributed by atoms with Gasteiger partial charge in [-0.2, -0.15) is 5.10 Å². The molecule has 1 aromatic heterocycles. The number of anilines is 1. The Bertz CT molecular complexity index is 853. The van der Waals surface area contributed by atoms with Gasteiger partial charge in [-0.3, -0.25) is 14.7 Å². The third-order valence-electron chi connectivity index (χ3n) is 5.84. The quantitative estimate of drug-likeness (QED) is 0.891. The molecule has 1 fully saturated rings. The van der Waals surface area contributed by atoms with Gasteiger partial charge in [-0.25, -0.2) is 0 Å². The minimum absolute atomic E-state index is 0.0257. The molecular weight excluding hydrogens is 328 g/mol. The SMILES string of the molecule is Cc1n[nH]c(C)c1CCC(=O)N1CCCC2(C1)C(=O)Nc1ccccc12. The van der Waals surface area contributed by atoms with Crippen LogP contribution in [-0.2, 0) is 21.4 Å². The van der Waals surface area contributed by atoms with Crippen molar-refractivity contribution in [2.45, 2.75) is 44.9 Å². The Labute approximate surface area is 153 Å². The van der Waals surface area contributed by atoms with E-state index in [1.165, 1.54) is 0 Å². The predicted octanol–water partition coefficient (Wildman–Crippen LogP) is 2.47. The number of para-hydroxylation sites is 1. The first-order chi connectivity index (χ1) is 12.5. The highest BCUT2D eigenvalue weighted by Crippen LogP contribution is 2.43. The number of fused-ring (bicyclic) bond motifs is 2. The largest absolute Gasteiger partial charge is 0.341 e. The number of hydrogen-bond acceptors (Lipinski definition) is 3. The average molecular weight is 352 g/mol. The van der Waals surface area contributed by atoms with Gasteiger partial charge in [0.2, 0.25) is 11.8 Å². The maximum Gasteiger partial charge on any atom is 0.236 e. The Hall–Kier alpha value is -2.63. The predicted molar refractivity (Wildman–Crippen MR) is 98.9 cm³/mol. The van der Waals surface area contributed by atoms with Crippen molar-refractivity contribution in [2.24, 2.45) is 0 Å². The molecule has 2 amide bonds. The number of aromatic amines is 1. The van der Waals surface area contributed by atoms with E-state index in [1.54, 1.807) is 0 Å². The van der Waals surface area contributed by atoms with Gasteiger partial charge >= 0.3 is 0 Å². The molecule has 1 saturated heterocycles. The Balaban J connectivity index is 1.50. The number of amides is 2. The highest BCUT2D eigenvalue weighted by Gasteiger charge is 2.49. The summed E-state index contributed by atoms with van der Waals surface area (Å²) in [6.45, 7) is 5.13. The lowest BCUT2D eigenvalue weighted by Crippen LogP contribution is -2.51. The van der Waals surface area contributed by atoms with E-state index in [9.17, 15) is 9.59 Å². The minimum Gasteiger partial charge on any atom is -0.341 e. The number of H-pyrrole nitrogens is 1. The van der Waals surface area contributed by atoms with Gasteiger partial charge in [0.25, 0.3) is 0 Å². The number of rotatable bonds is 3. The van der Waals surface area contributed by atoms with Crippen molar-refractivity contribution >= 4 is 17.5 Å². The highest BCUT2D eigenvalue weighted by molar-refractivity contribution is 6.06. The van der Waals surface area contributed by atoms with E-state index in [4.69, 9.17) is 0 Å². The van der Waals surface area contributed by atoms with Crippen LogP contribution in [0, 0.1) is 13.8 Å². The van der Waals surface area contributed by atoms with Crippen LogP contribution in [0.5, 0.6) is 0 Å². The number of benzene rings is 1. The number of likely N-dealkylation sites (tertiary alicyclic amines) is 1. The molecular formula is C20H24N4O2. The molecule has 0 bridgehead atoms. The molecule has 6 nitrogen and oxygen atoms in total. The van der Waals surface area contributed by atoms with E-state index in [0.29, 0.717) is 19.4 Å². The molecule has 2 N–H and O–H groups in total. The van der Waals surface area contributed by atoms with Gasteiger partial charge in [0.15, 0.2) is 0 Å². The number of carbonyl (C=O) groups excluding carboxylic acids is 2. The van der Waals surface area contributed by atoms with Gasteiger partial charge in [-0.05, 0) is 50.3 Å². The van der Waals surface area contributed by atoms with Crippen molar-refractivity contribution in [2.75, 3.05) is 18.4 Å². The molecule has 26 heavy (non-hydrogen) atoms. The molecule has 4 rings (SSSR count). The third kappa shape index (κ3) is 2.60. The second-order valence-electron chi connectivity index (χ2n) is 7.41. The summed E-state index contributed by atoms with van der Waals surface area (Å²) in [4.78, 5) is 27.5. The summed E-state index contributed by atoms with van der Waals surface area (Å²) in [6, 6.07) is 7.85. The van der Waals surface area contributed by atoms with Crippen LogP contribution in [0.2, 0.25) is 0 Å². The van der Waals surface area contributed by atoms with Gasteiger partial charge in [0, 0.05) is 30.9 Å². The van der Waals surface area contributed by atoms with E-state index in [2.05, 4.69) is 15.5 Å². The molecule has 0 radical (unpaired) electrons. The van der Waals surface area contributed by atoms with Crippen LogP contribution in [0.15, 0.2) is 24.3 Å². The fraction of sp³-hybridized carbons (Fsp3) is 0.450. The lowest BCUT2D eigenvalue weighted by Gasteiger charge is -2.39. The molecule has 0 saturated carbocycles. The molecule has 6 heteroatoms. The molecule has 1 unspecified atom stereocenters. The van der Waals surface area contributed by atoms with E-state index < -0.39 is 5.41 Å². The van der Waals surface area contributed by atoms with Crippen molar-refractivity contribution in [1.82, 2.24) is 15.1 Å². The number of hydrogen-bond donors (Lipinski definition) is 2. The van der Waals surface area contributed by atoms with Gasteiger partial charge in [0.05, 0.1) is 11.1 Å². The van der Waals surface area contributed by atoms with Gasteiger partial charge in [0.1, 0.15) is 0 Å². The normalized spacial score (nSPS) is 21.8. The second-order valence-corrected chi connectivity index (χ2v) is 7.41. The highest BCUT2D eigenvalue weighted by atomic mass is 16.2. The zero-order valence-electron chi connectivity index (χ0n) is 15.3. The molecule has 1 aromatic carbocycles. The van der Waals surface area contributed by atoms with Crippen LogP contribution >= 0.6 is 0 Å². The summed E-state index contributed by atoms with van der Waals surface area (Å²) >= 11 is 0. The van der Waals surface area contributed by atoms with Gasteiger partial charge in [-0.15, -0.1) is 0 Å². The van der Waals surface area contributed by atoms with Crippen LogP contribution in [0.3, 0.4) is 0 Å². The molecule has 1 atom stereocenters. The van der Waals surface area contributed by atoms with Crippen LogP contribution in [0.25, 0.3) is 0 Å². The smallest absolute Gasteiger partial charge is 0.236 e. The summed E-state index contributed by atoms with van der Waals surface area (Å²) in [5, 5.41) is 10.2.